The number of hydrogen-bond donors (Lipinski definition) is 1. The molecule has 1 unspecified atom stereocenters. The van der Waals surface area contributed by atoms with Gasteiger partial charge in [0.15, 0.2) is 0 Å². The Balaban J connectivity index is 2.38. The summed E-state index contributed by atoms with van der Waals surface area (Å²) in [6.07, 6.45) is 3.21. The minimum Gasteiger partial charge on any atom is -0.444 e. The normalized spacial score (nSPS) is 16.4. The van der Waals surface area contributed by atoms with E-state index < -0.39 is 23.8 Å². The Bertz CT molecular complexity index is 722. The van der Waals surface area contributed by atoms with Gasteiger partial charge in [0, 0.05) is 27.2 Å². The van der Waals surface area contributed by atoms with Gasteiger partial charge in [-0.3, -0.25) is 4.90 Å². The molecule has 7 heteroatoms. The van der Waals surface area contributed by atoms with E-state index in [0.717, 1.165) is 11.1 Å². The van der Waals surface area contributed by atoms with Crippen LogP contribution in [-0.4, -0.2) is 59.9 Å². The zero-order chi connectivity index (χ0) is 20.2. The summed E-state index contributed by atoms with van der Waals surface area (Å²) in [6, 6.07) is 4.90. The second-order valence-corrected chi connectivity index (χ2v) is 7.62. The van der Waals surface area contributed by atoms with Gasteiger partial charge in [-0.15, -0.1) is 0 Å². The molecule has 0 aromatic heterocycles. The molecule has 0 saturated carbocycles. The van der Waals surface area contributed by atoms with E-state index in [2.05, 4.69) is 0 Å². The Kier molecular flexibility index (Phi) is 6.49. The molecule has 7 nitrogen and oxygen atoms in total. The highest BCUT2D eigenvalue weighted by Crippen LogP contribution is 2.34. The van der Waals surface area contributed by atoms with Crippen molar-refractivity contribution in [2.45, 2.75) is 38.8 Å². The van der Waals surface area contributed by atoms with Crippen LogP contribution < -0.4 is 4.74 Å². The second-order valence-electron chi connectivity index (χ2n) is 7.62. The minimum absolute atomic E-state index is 0.0921. The van der Waals surface area contributed by atoms with E-state index in [9.17, 15) is 14.7 Å². The van der Waals surface area contributed by atoms with Gasteiger partial charge in [0.2, 0.25) is 0 Å². The first-order valence-corrected chi connectivity index (χ1v) is 8.92. The van der Waals surface area contributed by atoms with Crippen LogP contribution in [0.2, 0.25) is 0 Å². The highest BCUT2D eigenvalue weighted by molar-refractivity contribution is 5.72. The number of amides is 2. The van der Waals surface area contributed by atoms with Gasteiger partial charge in [-0.2, -0.15) is 0 Å². The largest absolute Gasteiger partial charge is 0.444 e. The zero-order valence-corrected chi connectivity index (χ0v) is 16.6. The van der Waals surface area contributed by atoms with Crippen molar-refractivity contribution in [1.29, 1.82) is 0 Å². The molecule has 1 atom stereocenters. The summed E-state index contributed by atoms with van der Waals surface area (Å²) < 4.78 is 10.9. The van der Waals surface area contributed by atoms with Crippen LogP contribution in [0.5, 0.6) is 5.75 Å². The molecular weight excluding hydrogens is 348 g/mol. The van der Waals surface area contributed by atoms with E-state index in [1.54, 1.807) is 31.1 Å². The van der Waals surface area contributed by atoms with Crippen molar-refractivity contribution < 1.29 is 24.2 Å². The SMILES string of the molecule is CN(C)C(=O)Oc1ccc2c(c1)C(CCO)N(C(=O)OC(C)(C)C)CC=C2. The van der Waals surface area contributed by atoms with Crippen LogP contribution in [0.3, 0.4) is 0 Å². The van der Waals surface area contributed by atoms with Crippen LogP contribution in [0, 0.1) is 0 Å². The lowest BCUT2D eigenvalue weighted by atomic mass is 9.97. The lowest BCUT2D eigenvalue weighted by Gasteiger charge is -2.32. The van der Waals surface area contributed by atoms with Gasteiger partial charge in [-0.05, 0) is 50.5 Å². The number of aliphatic hydroxyl groups excluding tert-OH is 1. The van der Waals surface area contributed by atoms with Crippen LogP contribution in [0.1, 0.15) is 44.4 Å². The van der Waals surface area contributed by atoms with Gasteiger partial charge >= 0.3 is 12.2 Å². The number of hydrogen-bond acceptors (Lipinski definition) is 5. The van der Waals surface area contributed by atoms with Crippen molar-refractivity contribution in [2.24, 2.45) is 0 Å². The topological polar surface area (TPSA) is 79.3 Å². The van der Waals surface area contributed by atoms with E-state index in [-0.39, 0.29) is 6.61 Å². The van der Waals surface area contributed by atoms with Crippen molar-refractivity contribution in [3.05, 3.63) is 35.4 Å². The molecule has 1 aliphatic rings. The van der Waals surface area contributed by atoms with Crippen LogP contribution in [0.25, 0.3) is 6.08 Å². The van der Waals surface area contributed by atoms with Crippen LogP contribution >= 0.6 is 0 Å². The van der Waals surface area contributed by atoms with Crippen molar-refractivity contribution in [3.8, 4) is 5.75 Å². The van der Waals surface area contributed by atoms with Gasteiger partial charge in [-0.25, -0.2) is 9.59 Å². The Labute approximate surface area is 160 Å². The highest BCUT2D eigenvalue weighted by Gasteiger charge is 2.31. The minimum atomic E-state index is -0.622. The molecule has 0 bridgehead atoms. The fraction of sp³-hybridized carbons (Fsp3) is 0.500. The fourth-order valence-electron chi connectivity index (χ4n) is 2.79. The zero-order valence-electron chi connectivity index (χ0n) is 16.6. The number of fused-ring (bicyclic) bond motifs is 1. The van der Waals surface area contributed by atoms with Gasteiger partial charge in [0.05, 0.1) is 6.04 Å². The third-order valence-electron chi connectivity index (χ3n) is 3.99. The lowest BCUT2D eigenvalue weighted by Crippen LogP contribution is -2.39. The summed E-state index contributed by atoms with van der Waals surface area (Å²) in [4.78, 5) is 27.5. The van der Waals surface area contributed by atoms with E-state index in [0.29, 0.717) is 18.7 Å². The monoisotopic (exact) mass is 376 g/mol. The first-order valence-electron chi connectivity index (χ1n) is 8.92. The first kappa shape index (κ1) is 20.8. The average molecular weight is 376 g/mol. The van der Waals surface area contributed by atoms with Gasteiger partial charge in [0.1, 0.15) is 11.4 Å². The summed E-state index contributed by atoms with van der Waals surface area (Å²) in [5.74, 6) is 0.384. The molecule has 0 saturated heterocycles. The number of carbonyl (C=O) groups is 2. The van der Waals surface area contributed by atoms with Gasteiger partial charge in [-0.1, -0.05) is 18.2 Å². The molecule has 27 heavy (non-hydrogen) atoms. The van der Waals surface area contributed by atoms with E-state index >= 15 is 0 Å². The molecule has 2 amide bonds. The second kappa shape index (κ2) is 8.43. The van der Waals surface area contributed by atoms with E-state index in [4.69, 9.17) is 9.47 Å². The van der Waals surface area contributed by atoms with Gasteiger partial charge in [0.25, 0.3) is 0 Å². The number of benzene rings is 1. The maximum absolute atomic E-state index is 12.7. The maximum atomic E-state index is 12.7. The molecule has 148 valence electrons. The Morgan fingerprint density at radius 1 is 1.30 bits per heavy atom. The third kappa shape index (κ3) is 5.47. The van der Waals surface area contributed by atoms with Gasteiger partial charge < -0.3 is 19.5 Å². The molecule has 1 N–H and O–H groups in total. The van der Waals surface area contributed by atoms with Crippen LogP contribution in [-0.2, 0) is 4.74 Å². The molecule has 2 rings (SSSR count). The molecule has 0 aliphatic carbocycles. The summed E-state index contributed by atoms with van der Waals surface area (Å²) in [6.45, 7) is 5.71. The number of nitrogens with zero attached hydrogens (tertiary/aromatic N) is 2. The van der Waals surface area contributed by atoms with E-state index in [1.165, 1.54) is 4.90 Å². The number of carbonyl (C=O) groups excluding carboxylic acids is 2. The molecule has 1 heterocycles. The van der Waals surface area contributed by atoms with Crippen LogP contribution in [0.4, 0.5) is 9.59 Å². The summed E-state index contributed by atoms with van der Waals surface area (Å²) in [5.41, 5.74) is 1.08. The number of rotatable bonds is 3. The fourth-order valence-corrected chi connectivity index (χ4v) is 2.79. The molecule has 1 aromatic rings. The maximum Gasteiger partial charge on any atom is 0.414 e. The predicted octanol–water partition coefficient (Wildman–Crippen LogP) is 3.43. The summed E-state index contributed by atoms with van der Waals surface area (Å²) in [5, 5.41) is 9.56. The van der Waals surface area contributed by atoms with E-state index in [1.807, 2.05) is 39.0 Å². The number of ether oxygens (including phenoxy) is 2. The lowest BCUT2D eigenvalue weighted by molar-refractivity contribution is 0.0163. The smallest absolute Gasteiger partial charge is 0.414 e. The predicted molar refractivity (Wildman–Crippen MR) is 103 cm³/mol. The molecule has 1 aromatic carbocycles. The Hall–Kier alpha value is -2.54. The highest BCUT2D eigenvalue weighted by atomic mass is 16.6. The summed E-state index contributed by atoms with van der Waals surface area (Å²) in [7, 11) is 3.21. The Morgan fingerprint density at radius 2 is 2.00 bits per heavy atom. The molecule has 1 aliphatic heterocycles. The molecule has 0 fully saturated rings. The molecule has 0 spiro atoms. The standard InChI is InChI=1S/C20H28N2O5/c1-20(2,3)27-19(25)22-11-6-7-14-8-9-15(26-18(24)21(4)5)13-16(14)17(22)10-12-23/h6-9,13,17,23H,10-12H2,1-5H3. The molecule has 0 radical (unpaired) electrons. The van der Waals surface area contributed by atoms with Crippen molar-refractivity contribution in [2.75, 3.05) is 27.2 Å². The quantitative estimate of drug-likeness (QED) is 0.874. The van der Waals surface area contributed by atoms with Crippen LogP contribution in [0.15, 0.2) is 24.3 Å². The summed E-state index contributed by atoms with van der Waals surface area (Å²) >= 11 is 0. The van der Waals surface area contributed by atoms with Crippen molar-refractivity contribution in [1.82, 2.24) is 9.80 Å². The number of aliphatic hydroxyl groups is 1. The third-order valence-corrected chi connectivity index (χ3v) is 3.99. The van der Waals surface area contributed by atoms with Crippen molar-refractivity contribution >= 4 is 18.3 Å². The Morgan fingerprint density at radius 3 is 2.59 bits per heavy atom. The molecular formula is C20H28N2O5. The first-order chi connectivity index (χ1) is 12.6. The van der Waals surface area contributed by atoms with Crippen molar-refractivity contribution in [3.63, 3.8) is 0 Å². The average Bonchev–Trinajstić information content (AvgIpc) is 2.73.